The van der Waals surface area contributed by atoms with Gasteiger partial charge in [-0.3, -0.25) is 10.2 Å². The van der Waals surface area contributed by atoms with Gasteiger partial charge in [0.2, 0.25) is 0 Å². The van der Waals surface area contributed by atoms with Crippen LogP contribution in [0.15, 0.2) is 0 Å². The van der Waals surface area contributed by atoms with Gasteiger partial charge in [0, 0.05) is 25.9 Å². The average Bonchev–Trinajstić information content (AvgIpc) is 2.76. The maximum Gasteiger partial charge on any atom is 0.326 e. The largest absolute Gasteiger partial charge is 0.481 e. The number of hydrogen-bond donors (Lipinski definition) is 8. The Kier molecular flexibility index (Phi) is 17.2. The maximum absolute atomic E-state index is 11.9. The van der Waals surface area contributed by atoms with E-state index in [0.717, 1.165) is 38.4 Å². The lowest BCUT2D eigenvalue weighted by atomic mass is 10.1. The van der Waals surface area contributed by atoms with E-state index in [1.165, 1.54) is 0 Å². The molecule has 0 aliphatic heterocycles. The lowest BCUT2D eigenvalue weighted by Gasteiger charge is -2.18. The van der Waals surface area contributed by atoms with Gasteiger partial charge in [0.25, 0.3) is 0 Å². The summed E-state index contributed by atoms with van der Waals surface area (Å²) in [4.78, 5) is 55.2. The van der Waals surface area contributed by atoms with Gasteiger partial charge < -0.3 is 41.4 Å². The molecule has 0 aliphatic carbocycles. The summed E-state index contributed by atoms with van der Waals surface area (Å²) in [5, 5.41) is 44.9. The lowest BCUT2D eigenvalue weighted by molar-refractivity contribution is -0.140. The van der Waals surface area contributed by atoms with E-state index in [2.05, 4.69) is 21.3 Å². The Labute approximate surface area is 198 Å². The third-order valence-corrected chi connectivity index (χ3v) is 4.88. The standard InChI is InChI=1S/C21H37N5O8/c22-20(23-12-6-3-1-2-4-8-14-27)24-13-7-5-9-15(18(30)31)25-21(34)26-16(19(32)33)10-11-17(28)29/h14-16H,1-13H2,(H,28,29)(H,30,31)(H,32,33)(H3,22,23,24)(H2,25,26,34)/t15-,16-/m0/s1. The van der Waals surface area contributed by atoms with Crippen molar-refractivity contribution in [3.05, 3.63) is 0 Å². The molecule has 34 heavy (non-hydrogen) atoms. The van der Waals surface area contributed by atoms with Crippen molar-refractivity contribution in [2.24, 2.45) is 0 Å². The molecular weight excluding hydrogens is 450 g/mol. The molecule has 0 saturated carbocycles. The smallest absolute Gasteiger partial charge is 0.326 e. The molecule has 0 bridgehead atoms. The summed E-state index contributed by atoms with van der Waals surface area (Å²) in [5.74, 6) is -3.73. The van der Waals surface area contributed by atoms with Gasteiger partial charge in [0.1, 0.15) is 18.4 Å². The summed E-state index contributed by atoms with van der Waals surface area (Å²) in [6, 6.07) is -3.69. The van der Waals surface area contributed by atoms with Crippen molar-refractivity contribution in [3.8, 4) is 0 Å². The van der Waals surface area contributed by atoms with Crippen molar-refractivity contribution < 1.29 is 39.3 Å². The highest BCUT2D eigenvalue weighted by Crippen LogP contribution is 2.04. The molecule has 13 heteroatoms. The Balaban J connectivity index is 4.07. The maximum atomic E-state index is 11.9. The molecule has 0 aromatic rings. The monoisotopic (exact) mass is 487 g/mol. The summed E-state index contributed by atoms with van der Waals surface area (Å²) in [7, 11) is 0. The fourth-order valence-corrected chi connectivity index (χ4v) is 2.99. The fourth-order valence-electron chi connectivity index (χ4n) is 2.99. The molecule has 0 aromatic heterocycles. The van der Waals surface area contributed by atoms with Crippen LogP contribution in [0.25, 0.3) is 0 Å². The summed E-state index contributed by atoms with van der Waals surface area (Å²) in [6.07, 6.45) is 6.72. The van der Waals surface area contributed by atoms with Gasteiger partial charge in [0.15, 0.2) is 5.96 Å². The van der Waals surface area contributed by atoms with Crippen LogP contribution in [-0.4, -0.2) is 76.7 Å². The van der Waals surface area contributed by atoms with Crippen LogP contribution in [0.2, 0.25) is 0 Å². The molecule has 0 radical (unpaired) electrons. The van der Waals surface area contributed by atoms with Crippen LogP contribution < -0.4 is 21.3 Å². The molecule has 8 N–H and O–H groups in total. The number of aldehydes is 1. The molecular formula is C21H37N5O8. The van der Waals surface area contributed by atoms with Crippen molar-refractivity contribution in [1.29, 1.82) is 5.41 Å². The van der Waals surface area contributed by atoms with E-state index in [1.807, 2.05) is 0 Å². The van der Waals surface area contributed by atoms with Crippen LogP contribution >= 0.6 is 0 Å². The average molecular weight is 488 g/mol. The van der Waals surface area contributed by atoms with Crippen molar-refractivity contribution >= 4 is 36.2 Å². The number of carbonyl (C=O) groups is 5. The second-order valence-corrected chi connectivity index (χ2v) is 7.78. The van der Waals surface area contributed by atoms with E-state index in [9.17, 15) is 29.1 Å². The van der Waals surface area contributed by atoms with E-state index in [1.54, 1.807) is 0 Å². The van der Waals surface area contributed by atoms with Crippen LogP contribution in [0.1, 0.15) is 70.6 Å². The van der Waals surface area contributed by atoms with Crippen molar-refractivity contribution in [3.63, 3.8) is 0 Å². The van der Waals surface area contributed by atoms with Crippen molar-refractivity contribution in [2.45, 2.75) is 82.7 Å². The Hall–Kier alpha value is -3.38. The number of aliphatic carboxylic acids is 3. The highest BCUT2D eigenvalue weighted by molar-refractivity contribution is 5.86. The molecule has 0 rings (SSSR count). The predicted molar refractivity (Wildman–Crippen MR) is 123 cm³/mol. The number of rotatable bonds is 20. The third kappa shape index (κ3) is 17.2. The van der Waals surface area contributed by atoms with Crippen LogP contribution in [0, 0.1) is 5.41 Å². The van der Waals surface area contributed by atoms with E-state index >= 15 is 0 Å². The number of carboxylic acid groups (broad SMARTS) is 3. The molecule has 194 valence electrons. The first-order chi connectivity index (χ1) is 16.2. The van der Waals surface area contributed by atoms with Gasteiger partial charge >= 0.3 is 23.9 Å². The number of hydrogen-bond acceptors (Lipinski definition) is 6. The topological polar surface area (TPSA) is 218 Å². The second-order valence-electron chi connectivity index (χ2n) is 7.78. The number of unbranched alkanes of at least 4 members (excludes halogenated alkanes) is 6. The zero-order valence-corrected chi connectivity index (χ0v) is 19.3. The molecule has 0 heterocycles. The van der Waals surface area contributed by atoms with E-state index in [0.29, 0.717) is 32.4 Å². The minimum atomic E-state index is -1.45. The number of carbonyl (C=O) groups excluding carboxylic acids is 2. The Morgan fingerprint density at radius 2 is 1.24 bits per heavy atom. The van der Waals surface area contributed by atoms with Gasteiger partial charge in [-0.1, -0.05) is 19.3 Å². The van der Waals surface area contributed by atoms with Crippen LogP contribution in [0.4, 0.5) is 4.79 Å². The molecule has 0 aliphatic rings. The highest BCUT2D eigenvalue weighted by Gasteiger charge is 2.24. The first kappa shape index (κ1) is 30.6. The lowest BCUT2D eigenvalue weighted by Crippen LogP contribution is -2.51. The normalized spacial score (nSPS) is 12.1. The van der Waals surface area contributed by atoms with Gasteiger partial charge in [-0.2, -0.15) is 0 Å². The number of amides is 2. The zero-order chi connectivity index (χ0) is 25.8. The van der Waals surface area contributed by atoms with E-state index < -0.39 is 42.4 Å². The summed E-state index contributed by atoms with van der Waals surface area (Å²) >= 11 is 0. The molecule has 0 aromatic carbocycles. The minimum absolute atomic E-state index is 0.0994. The van der Waals surface area contributed by atoms with Crippen LogP contribution in [0.5, 0.6) is 0 Å². The van der Waals surface area contributed by atoms with Crippen LogP contribution in [-0.2, 0) is 19.2 Å². The first-order valence-electron chi connectivity index (χ1n) is 11.4. The van der Waals surface area contributed by atoms with E-state index in [-0.39, 0.29) is 18.8 Å². The Morgan fingerprint density at radius 1 is 0.735 bits per heavy atom. The highest BCUT2D eigenvalue weighted by atomic mass is 16.4. The zero-order valence-electron chi connectivity index (χ0n) is 19.3. The van der Waals surface area contributed by atoms with Gasteiger partial charge in [0.05, 0.1) is 0 Å². The molecule has 2 amide bonds. The summed E-state index contributed by atoms with van der Waals surface area (Å²) < 4.78 is 0. The quantitative estimate of drug-likeness (QED) is 0.0524. The third-order valence-electron chi connectivity index (χ3n) is 4.88. The Morgan fingerprint density at radius 3 is 1.76 bits per heavy atom. The molecule has 0 saturated heterocycles. The van der Waals surface area contributed by atoms with Gasteiger partial charge in [-0.25, -0.2) is 14.4 Å². The summed E-state index contributed by atoms with van der Waals surface area (Å²) in [6.45, 7) is 1.09. The minimum Gasteiger partial charge on any atom is -0.481 e. The molecule has 0 fully saturated rings. The van der Waals surface area contributed by atoms with Crippen molar-refractivity contribution in [1.82, 2.24) is 21.3 Å². The number of guanidine groups is 1. The fraction of sp³-hybridized carbons (Fsp3) is 0.714. The van der Waals surface area contributed by atoms with Crippen LogP contribution in [0.3, 0.4) is 0 Å². The number of urea groups is 1. The summed E-state index contributed by atoms with van der Waals surface area (Å²) in [5.41, 5.74) is 0. The second kappa shape index (κ2) is 19.1. The van der Waals surface area contributed by atoms with Crippen molar-refractivity contribution in [2.75, 3.05) is 13.1 Å². The molecule has 13 nitrogen and oxygen atoms in total. The van der Waals surface area contributed by atoms with Gasteiger partial charge in [-0.05, 0) is 38.5 Å². The molecule has 0 unspecified atom stereocenters. The Bertz CT molecular complexity index is 674. The first-order valence-corrected chi connectivity index (χ1v) is 11.4. The number of carboxylic acids is 3. The molecule has 2 atom stereocenters. The predicted octanol–water partition coefficient (Wildman–Crippen LogP) is 0.881. The van der Waals surface area contributed by atoms with E-state index in [4.69, 9.17) is 15.6 Å². The molecule has 0 spiro atoms. The SMILES string of the molecule is N=C(NCCCCCCCC=O)NCCCC[C@H](NC(=O)N[C@@H](CCC(=O)O)C(=O)O)C(=O)O. The van der Waals surface area contributed by atoms with Gasteiger partial charge in [-0.15, -0.1) is 0 Å². The number of nitrogens with one attached hydrogen (secondary N) is 5.